The Labute approximate surface area is 120 Å². The Morgan fingerprint density at radius 3 is 2.53 bits per heavy atom. The van der Waals surface area contributed by atoms with Crippen molar-refractivity contribution in [2.75, 3.05) is 25.6 Å². The summed E-state index contributed by atoms with van der Waals surface area (Å²) < 4.78 is 4.79. The summed E-state index contributed by atoms with van der Waals surface area (Å²) in [7, 11) is 1.50. The lowest BCUT2D eigenvalue weighted by atomic mass is 10.2. The SMILES string of the molecule is COCC(O)CCNc1c(Cl)cc([N+](=O)[O-])cc1Cl. The van der Waals surface area contributed by atoms with E-state index in [2.05, 4.69) is 5.32 Å². The lowest BCUT2D eigenvalue weighted by Gasteiger charge is -2.13. The number of aliphatic hydroxyl groups excluding tert-OH is 1. The Hall–Kier alpha value is -1.08. The van der Waals surface area contributed by atoms with Gasteiger partial charge < -0.3 is 15.2 Å². The first kappa shape index (κ1) is 16.0. The Morgan fingerprint density at radius 1 is 1.47 bits per heavy atom. The number of non-ortho nitro benzene ring substituents is 1. The molecule has 0 heterocycles. The minimum atomic E-state index is -0.590. The number of benzene rings is 1. The van der Waals surface area contributed by atoms with Crippen molar-refractivity contribution in [3.8, 4) is 0 Å². The number of nitrogens with one attached hydrogen (secondary N) is 1. The van der Waals surface area contributed by atoms with E-state index < -0.39 is 11.0 Å². The molecule has 106 valence electrons. The van der Waals surface area contributed by atoms with E-state index in [0.29, 0.717) is 18.7 Å². The lowest BCUT2D eigenvalue weighted by molar-refractivity contribution is -0.384. The maximum absolute atomic E-state index is 10.6. The Kier molecular flexibility index (Phi) is 6.30. The molecule has 0 aromatic heterocycles. The molecule has 0 amide bonds. The van der Waals surface area contributed by atoms with Crippen LogP contribution in [0.1, 0.15) is 6.42 Å². The van der Waals surface area contributed by atoms with Gasteiger partial charge in [0.1, 0.15) is 0 Å². The van der Waals surface area contributed by atoms with Crippen LogP contribution in [0.3, 0.4) is 0 Å². The second-order valence-electron chi connectivity index (χ2n) is 3.87. The zero-order valence-electron chi connectivity index (χ0n) is 10.2. The average Bonchev–Trinajstić information content (AvgIpc) is 2.32. The number of halogens is 2. The van der Waals surface area contributed by atoms with E-state index in [1.165, 1.54) is 19.2 Å². The first-order valence-corrected chi connectivity index (χ1v) is 6.25. The van der Waals surface area contributed by atoms with Crippen LogP contribution in [0.5, 0.6) is 0 Å². The van der Waals surface area contributed by atoms with Crippen LogP contribution in [0, 0.1) is 10.1 Å². The molecule has 19 heavy (non-hydrogen) atoms. The molecule has 0 saturated heterocycles. The molecule has 1 atom stereocenters. The summed E-state index contributed by atoms with van der Waals surface area (Å²) in [5.41, 5.74) is 0.249. The molecule has 0 aliphatic carbocycles. The van der Waals surface area contributed by atoms with Crippen molar-refractivity contribution >= 4 is 34.6 Å². The van der Waals surface area contributed by atoms with Gasteiger partial charge in [-0.05, 0) is 6.42 Å². The van der Waals surface area contributed by atoms with Crippen LogP contribution in [0.4, 0.5) is 11.4 Å². The molecule has 1 rings (SSSR count). The molecule has 1 aromatic rings. The number of rotatable bonds is 7. The molecule has 0 aliphatic rings. The summed E-state index contributed by atoms with van der Waals surface area (Å²) in [5, 5.41) is 23.3. The van der Waals surface area contributed by atoms with Gasteiger partial charge in [-0.25, -0.2) is 0 Å². The van der Waals surface area contributed by atoms with E-state index in [4.69, 9.17) is 27.9 Å². The van der Waals surface area contributed by atoms with Crippen molar-refractivity contribution in [2.45, 2.75) is 12.5 Å². The van der Waals surface area contributed by atoms with E-state index in [0.717, 1.165) is 0 Å². The zero-order chi connectivity index (χ0) is 14.4. The second kappa shape index (κ2) is 7.49. The number of hydrogen-bond donors (Lipinski definition) is 2. The Morgan fingerprint density at radius 2 is 2.05 bits per heavy atom. The summed E-state index contributed by atoms with van der Waals surface area (Å²) in [5.74, 6) is 0. The van der Waals surface area contributed by atoms with Crippen LogP contribution < -0.4 is 5.32 Å². The monoisotopic (exact) mass is 308 g/mol. The maximum Gasteiger partial charge on any atom is 0.272 e. The quantitative estimate of drug-likeness (QED) is 0.597. The number of nitrogens with zero attached hydrogens (tertiary/aromatic N) is 1. The van der Waals surface area contributed by atoms with Crippen LogP contribution in [-0.4, -0.2) is 36.4 Å². The fraction of sp³-hybridized carbons (Fsp3) is 0.455. The van der Waals surface area contributed by atoms with Crippen LogP contribution in [0.25, 0.3) is 0 Å². The molecule has 0 bridgehead atoms. The van der Waals surface area contributed by atoms with Gasteiger partial charge in [-0.15, -0.1) is 0 Å². The first-order valence-electron chi connectivity index (χ1n) is 5.50. The van der Waals surface area contributed by atoms with Crippen molar-refractivity contribution in [3.63, 3.8) is 0 Å². The molecule has 6 nitrogen and oxygen atoms in total. The highest BCUT2D eigenvalue weighted by Crippen LogP contribution is 2.34. The summed E-state index contributed by atoms with van der Waals surface area (Å²) in [6, 6.07) is 2.45. The molecular formula is C11H14Cl2N2O4. The number of methoxy groups -OCH3 is 1. The van der Waals surface area contributed by atoms with Gasteiger partial charge in [0.15, 0.2) is 0 Å². The van der Waals surface area contributed by atoms with Gasteiger partial charge in [0, 0.05) is 25.8 Å². The molecule has 1 unspecified atom stereocenters. The van der Waals surface area contributed by atoms with Gasteiger partial charge in [0.2, 0.25) is 0 Å². The predicted octanol–water partition coefficient (Wildman–Crippen LogP) is 2.71. The standard InChI is InChI=1S/C11H14Cl2N2O4/c1-19-6-8(16)2-3-14-11-9(12)4-7(15(17)18)5-10(11)13/h4-5,8,14,16H,2-3,6H2,1H3. The van der Waals surface area contributed by atoms with Gasteiger partial charge in [0.05, 0.1) is 33.4 Å². The Balaban J connectivity index is 2.66. The Bertz CT molecular complexity index is 433. The van der Waals surface area contributed by atoms with Crippen LogP contribution >= 0.6 is 23.2 Å². The molecule has 0 radical (unpaired) electrons. The molecule has 0 fully saturated rings. The fourth-order valence-corrected chi connectivity index (χ4v) is 2.08. The van der Waals surface area contributed by atoms with Crippen LogP contribution in [0.2, 0.25) is 10.0 Å². The number of anilines is 1. The minimum absolute atomic E-state index is 0.167. The molecule has 2 N–H and O–H groups in total. The highest BCUT2D eigenvalue weighted by atomic mass is 35.5. The lowest BCUT2D eigenvalue weighted by Crippen LogP contribution is -2.18. The fourth-order valence-electron chi connectivity index (χ4n) is 1.47. The zero-order valence-corrected chi connectivity index (χ0v) is 11.7. The van der Waals surface area contributed by atoms with E-state index in [-0.39, 0.29) is 22.3 Å². The van der Waals surface area contributed by atoms with E-state index >= 15 is 0 Å². The molecule has 0 spiro atoms. The highest BCUT2D eigenvalue weighted by Gasteiger charge is 2.14. The third-order valence-electron chi connectivity index (χ3n) is 2.38. The van der Waals surface area contributed by atoms with Gasteiger partial charge in [-0.1, -0.05) is 23.2 Å². The number of hydrogen-bond acceptors (Lipinski definition) is 5. The summed E-state index contributed by atoms with van der Waals surface area (Å²) in [4.78, 5) is 10.0. The molecule has 0 saturated carbocycles. The normalized spacial score (nSPS) is 12.2. The van der Waals surface area contributed by atoms with Crippen LogP contribution in [0.15, 0.2) is 12.1 Å². The highest BCUT2D eigenvalue weighted by molar-refractivity contribution is 6.39. The number of ether oxygens (including phenoxy) is 1. The van der Waals surface area contributed by atoms with E-state index in [9.17, 15) is 15.2 Å². The summed E-state index contributed by atoms with van der Waals surface area (Å²) >= 11 is 11.8. The van der Waals surface area contributed by atoms with Gasteiger partial charge in [-0.2, -0.15) is 0 Å². The molecular weight excluding hydrogens is 295 g/mol. The van der Waals surface area contributed by atoms with E-state index in [1.807, 2.05) is 0 Å². The van der Waals surface area contributed by atoms with Gasteiger partial charge >= 0.3 is 0 Å². The van der Waals surface area contributed by atoms with Gasteiger partial charge in [0.25, 0.3) is 5.69 Å². The number of nitro groups is 1. The second-order valence-corrected chi connectivity index (χ2v) is 4.68. The maximum atomic E-state index is 10.6. The smallest absolute Gasteiger partial charge is 0.272 e. The number of aliphatic hydroxyl groups is 1. The molecule has 8 heteroatoms. The third-order valence-corrected chi connectivity index (χ3v) is 2.97. The van der Waals surface area contributed by atoms with Gasteiger partial charge in [-0.3, -0.25) is 10.1 Å². The average molecular weight is 309 g/mol. The van der Waals surface area contributed by atoms with E-state index in [1.54, 1.807) is 0 Å². The summed E-state index contributed by atoms with van der Waals surface area (Å²) in [6.45, 7) is 0.658. The third kappa shape index (κ3) is 4.83. The molecule has 0 aliphatic heterocycles. The predicted molar refractivity (Wildman–Crippen MR) is 74.1 cm³/mol. The molecule has 1 aromatic carbocycles. The van der Waals surface area contributed by atoms with Crippen molar-refractivity contribution in [1.29, 1.82) is 0 Å². The number of nitro benzene ring substituents is 1. The largest absolute Gasteiger partial charge is 0.391 e. The van der Waals surface area contributed by atoms with Crippen molar-refractivity contribution in [3.05, 3.63) is 32.3 Å². The van der Waals surface area contributed by atoms with Crippen LogP contribution in [-0.2, 0) is 4.74 Å². The van der Waals surface area contributed by atoms with Crippen molar-refractivity contribution in [2.24, 2.45) is 0 Å². The first-order chi connectivity index (χ1) is 8.95. The minimum Gasteiger partial charge on any atom is -0.391 e. The van der Waals surface area contributed by atoms with Crippen molar-refractivity contribution in [1.82, 2.24) is 0 Å². The topological polar surface area (TPSA) is 84.6 Å². The summed E-state index contributed by atoms with van der Waals surface area (Å²) in [6.07, 6.45) is -0.148. The van der Waals surface area contributed by atoms with Crippen molar-refractivity contribution < 1.29 is 14.8 Å².